The van der Waals surface area contributed by atoms with E-state index in [1.165, 1.54) is 0 Å². The summed E-state index contributed by atoms with van der Waals surface area (Å²) >= 11 is 0. The summed E-state index contributed by atoms with van der Waals surface area (Å²) in [7, 11) is 3.50. The third-order valence-electron chi connectivity index (χ3n) is 5.53. The van der Waals surface area contributed by atoms with E-state index in [-0.39, 0.29) is 29.7 Å². The number of piperidine rings is 1. The number of rotatable bonds is 5. The zero-order valence-corrected chi connectivity index (χ0v) is 15.4. The summed E-state index contributed by atoms with van der Waals surface area (Å²) in [6, 6.07) is 7.73. The van der Waals surface area contributed by atoms with Crippen molar-refractivity contribution in [3.05, 3.63) is 29.8 Å². The van der Waals surface area contributed by atoms with Crippen LogP contribution in [0.4, 0.5) is 0 Å². The van der Waals surface area contributed by atoms with E-state index >= 15 is 0 Å². The summed E-state index contributed by atoms with van der Waals surface area (Å²) in [6.07, 6.45) is 3.79. The molecule has 0 unspecified atom stereocenters. The van der Waals surface area contributed by atoms with Crippen molar-refractivity contribution in [1.82, 2.24) is 9.80 Å². The smallest absolute Gasteiger partial charge is 0.227 e. The molecule has 0 radical (unpaired) electrons. The van der Waals surface area contributed by atoms with Gasteiger partial charge in [-0.05, 0) is 38.7 Å². The molecule has 2 atom stereocenters. The Morgan fingerprint density at radius 1 is 1.20 bits per heavy atom. The van der Waals surface area contributed by atoms with Crippen LogP contribution in [0, 0.1) is 11.8 Å². The summed E-state index contributed by atoms with van der Waals surface area (Å²) in [5.74, 6) is 1.28. The third kappa shape index (κ3) is 3.80. The third-order valence-corrected chi connectivity index (χ3v) is 5.53. The number of amides is 2. The van der Waals surface area contributed by atoms with Crippen LogP contribution in [0.25, 0.3) is 0 Å². The number of benzene rings is 1. The van der Waals surface area contributed by atoms with Gasteiger partial charge in [0.15, 0.2) is 0 Å². The van der Waals surface area contributed by atoms with E-state index in [0.717, 1.165) is 43.5 Å². The van der Waals surface area contributed by atoms with Gasteiger partial charge in [0.2, 0.25) is 11.8 Å². The molecule has 0 aromatic heterocycles. The van der Waals surface area contributed by atoms with E-state index in [2.05, 4.69) is 0 Å². The number of methoxy groups -OCH3 is 1. The molecule has 2 amide bonds. The first-order chi connectivity index (χ1) is 12.0. The normalized spacial score (nSPS) is 21.6. The summed E-state index contributed by atoms with van der Waals surface area (Å²) < 4.78 is 5.43. The lowest BCUT2D eigenvalue weighted by molar-refractivity contribution is -0.141. The monoisotopic (exact) mass is 344 g/mol. The van der Waals surface area contributed by atoms with Crippen LogP contribution in [-0.2, 0) is 9.59 Å². The molecule has 3 rings (SSSR count). The van der Waals surface area contributed by atoms with Gasteiger partial charge >= 0.3 is 0 Å². The Morgan fingerprint density at radius 3 is 2.60 bits per heavy atom. The van der Waals surface area contributed by atoms with E-state index < -0.39 is 0 Å². The summed E-state index contributed by atoms with van der Waals surface area (Å²) in [4.78, 5) is 29.0. The maximum Gasteiger partial charge on any atom is 0.227 e. The second-order valence-electron chi connectivity index (χ2n) is 7.26. The van der Waals surface area contributed by atoms with Crippen LogP contribution in [0.3, 0.4) is 0 Å². The SMILES string of the molecule is COc1ccccc1[C@H](C)N(C)C(=O)[C@H]1CCCN(C(=O)C2CC2)C1. The van der Waals surface area contributed by atoms with Crippen molar-refractivity contribution in [2.24, 2.45) is 11.8 Å². The number of likely N-dealkylation sites (tertiary alicyclic amines) is 1. The van der Waals surface area contributed by atoms with Gasteiger partial charge < -0.3 is 14.5 Å². The Bertz CT molecular complexity index is 642. The summed E-state index contributed by atoms with van der Waals surface area (Å²) in [5.41, 5.74) is 1.00. The minimum atomic E-state index is -0.0985. The van der Waals surface area contributed by atoms with Crippen LogP contribution in [0.15, 0.2) is 24.3 Å². The second-order valence-corrected chi connectivity index (χ2v) is 7.26. The first-order valence-electron chi connectivity index (χ1n) is 9.21. The van der Waals surface area contributed by atoms with Crippen LogP contribution in [0.2, 0.25) is 0 Å². The molecule has 0 bridgehead atoms. The zero-order valence-electron chi connectivity index (χ0n) is 15.4. The molecule has 5 nitrogen and oxygen atoms in total. The molecular formula is C20H28N2O3. The van der Waals surface area contributed by atoms with Gasteiger partial charge in [0.1, 0.15) is 5.75 Å². The number of nitrogens with zero attached hydrogens (tertiary/aromatic N) is 2. The van der Waals surface area contributed by atoms with Gasteiger partial charge in [-0.15, -0.1) is 0 Å². The number of hydrogen-bond donors (Lipinski definition) is 0. The topological polar surface area (TPSA) is 49.9 Å². The van der Waals surface area contributed by atoms with Gasteiger partial charge in [0.05, 0.1) is 19.1 Å². The fourth-order valence-corrected chi connectivity index (χ4v) is 3.67. The van der Waals surface area contributed by atoms with Crippen molar-refractivity contribution in [2.75, 3.05) is 27.2 Å². The molecule has 25 heavy (non-hydrogen) atoms. The Labute approximate surface area is 149 Å². The van der Waals surface area contributed by atoms with Gasteiger partial charge in [0, 0.05) is 31.6 Å². The average molecular weight is 344 g/mol. The van der Waals surface area contributed by atoms with Crippen LogP contribution in [-0.4, -0.2) is 48.9 Å². The Kier molecular flexibility index (Phi) is 5.30. The van der Waals surface area contributed by atoms with Crippen molar-refractivity contribution >= 4 is 11.8 Å². The maximum atomic E-state index is 13.0. The van der Waals surface area contributed by atoms with E-state index in [9.17, 15) is 9.59 Å². The largest absolute Gasteiger partial charge is 0.496 e. The standard InChI is InChI=1S/C20H28N2O3/c1-14(17-8-4-5-9-18(17)25-3)21(2)19(23)16-7-6-12-22(13-16)20(24)15-10-11-15/h4-5,8-9,14-16H,6-7,10-13H2,1-3H3/t14-,16-/m0/s1. The highest BCUT2D eigenvalue weighted by atomic mass is 16.5. The van der Waals surface area contributed by atoms with Gasteiger partial charge in [-0.25, -0.2) is 0 Å². The molecule has 1 heterocycles. The van der Waals surface area contributed by atoms with Crippen molar-refractivity contribution in [3.63, 3.8) is 0 Å². The number of carbonyl (C=O) groups is 2. The lowest BCUT2D eigenvalue weighted by atomic mass is 9.95. The number of para-hydroxylation sites is 1. The molecule has 1 aromatic rings. The van der Waals surface area contributed by atoms with E-state index in [1.54, 1.807) is 12.0 Å². The zero-order chi connectivity index (χ0) is 18.0. The second kappa shape index (κ2) is 7.46. The van der Waals surface area contributed by atoms with Crippen molar-refractivity contribution in [2.45, 2.75) is 38.6 Å². The fraction of sp³-hybridized carbons (Fsp3) is 0.600. The molecule has 1 saturated carbocycles. The van der Waals surface area contributed by atoms with Crippen molar-refractivity contribution < 1.29 is 14.3 Å². The van der Waals surface area contributed by atoms with Gasteiger partial charge in [0.25, 0.3) is 0 Å². The minimum absolute atomic E-state index is 0.0711. The predicted molar refractivity (Wildman–Crippen MR) is 96.2 cm³/mol. The van der Waals surface area contributed by atoms with Crippen LogP contribution in [0.5, 0.6) is 5.75 Å². The summed E-state index contributed by atoms with van der Waals surface area (Å²) in [5, 5.41) is 0. The Balaban J connectivity index is 1.67. The molecule has 5 heteroatoms. The number of ether oxygens (including phenoxy) is 1. The highest BCUT2D eigenvalue weighted by molar-refractivity contribution is 5.83. The lowest BCUT2D eigenvalue weighted by Gasteiger charge is -2.36. The quantitative estimate of drug-likeness (QED) is 0.825. The highest BCUT2D eigenvalue weighted by Gasteiger charge is 2.37. The fourth-order valence-electron chi connectivity index (χ4n) is 3.67. The lowest BCUT2D eigenvalue weighted by Crippen LogP contribution is -2.46. The molecule has 2 fully saturated rings. The molecule has 1 aliphatic heterocycles. The van der Waals surface area contributed by atoms with E-state index in [1.807, 2.05) is 43.1 Å². The molecule has 136 valence electrons. The molecular weight excluding hydrogens is 316 g/mol. The molecule has 0 spiro atoms. The van der Waals surface area contributed by atoms with Gasteiger partial charge in [-0.1, -0.05) is 18.2 Å². The number of carbonyl (C=O) groups excluding carboxylic acids is 2. The molecule has 1 aromatic carbocycles. The molecule has 1 aliphatic carbocycles. The first-order valence-corrected chi connectivity index (χ1v) is 9.21. The first kappa shape index (κ1) is 17.8. The van der Waals surface area contributed by atoms with Crippen LogP contribution < -0.4 is 4.74 Å². The molecule has 2 aliphatic rings. The molecule has 0 N–H and O–H groups in total. The van der Waals surface area contributed by atoms with E-state index in [4.69, 9.17) is 4.74 Å². The van der Waals surface area contributed by atoms with Crippen molar-refractivity contribution in [3.8, 4) is 5.75 Å². The summed E-state index contributed by atoms with van der Waals surface area (Å²) in [6.45, 7) is 3.38. The van der Waals surface area contributed by atoms with Gasteiger partial charge in [-0.3, -0.25) is 9.59 Å². The highest BCUT2D eigenvalue weighted by Crippen LogP contribution is 2.34. The predicted octanol–water partition coefficient (Wildman–Crippen LogP) is 2.86. The Morgan fingerprint density at radius 2 is 1.92 bits per heavy atom. The molecule has 1 saturated heterocycles. The average Bonchev–Trinajstić information content (AvgIpc) is 3.51. The van der Waals surface area contributed by atoms with Gasteiger partial charge in [-0.2, -0.15) is 0 Å². The van der Waals surface area contributed by atoms with Crippen LogP contribution >= 0.6 is 0 Å². The van der Waals surface area contributed by atoms with Crippen molar-refractivity contribution in [1.29, 1.82) is 0 Å². The minimum Gasteiger partial charge on any atom is -0.496 e. The van der Waals surface area contributed by atoms with E-state index in [0.29, 0.717) is 6.54 Å². The van der Waals surface area contributed by atoms with Crippen LogP contribution in [0.1, 0.15) is 44.2 Å². The Hall–Kier alpha value is -2.04. The number of hydrogen-bond acceptors (Lipinski definition) is 3. The maximum absolute atomic E-state index is 13.0.